The van der Waals surface area contributed by atoms with E-state index in [1.807, 2.05) is 59.2 Å². The van der Waals surface area contributed by atoms with Gasteiger partial charge < -0.3 is 15.1 Å². The fourth-order valence-corrected chi connectivity index (χ4v) is 5.33. The lowest BCUT2D eigenvalue weighted by atomic mass is 9.78. The number of carbonyl (C=O) groups excluding carboxylic acids is 3. The summed E-state index contributed by atoms with van der Waals surface area (Å²) in [7, 11) is 0. The van der Waals surface area contributed by atoms with Gasteiger partial charge in [0.25, 0.3) is 5.91 Å². The van der Waals surface area contributed by atoms with Crippen molar-refractivity contribution in [3.8, 4) is 0 Å². The molecule has 3 amide bonds. The molecule has 6 nitrogen and oxygen atoms in total. The van der Waals surface area contributed by atoms with Crippen molar-refractivity contribution in [1.29, 1.82) is 0 Å². The van der Waals surface area contributed by atoms with Crippen LogP contribution >= 0.6 is 0 Å². The van der Waals surface area contributed by atoms with Crippen molar-refractivity contribution in [2.45, 2.75) is 57.0 Å². The number of hydrogen-bond donors (Lipinski definition) is 1. The van der Waals surface area contributed by atoms with Crippen molar-refractivity contribution in [2.24, 2.45) is 0 Å². The lowest BCUT2D eigenvalue weighted by molar-refractivity contribution is -0.127. The average Bonchev–Trinajstić information content (AvgIpc) is 3.57. The minimum Gasteiger partial charge on any atom is -0.355 e. The number of likely N-dealkylation sites (tertiary alicyclic amines) is 1. The highest BCUT2D eigenvalue weighted by Crippen LogP contribution is 2.47. The standard InChI is InChI=1S/C27H31N3O3/c1-18-7-4-8-19(17-18)25-24(26(32)28-14-6-16-29-15-5-11-23(29)31)21-9-2-3-10-22(21)27(33)30(25)20-12-13-20/h2-4,7-10,17,20,24-25H,5-6,11-16H2,1H3,(H,28,32). The Morgan fingerprint density at radius 2 is 1.91 bits per heavy atom. The quantitative estimate of drug-likeness (QED) is 0.663. The summed E-state index contributed by atoms with van der Waals surface area (Å²) in [6.07, 6.45) is 4.25. The van der Waals surface area contributed by atoms with Gasteiger partial charge in [0.05, 0.1) is 12.0 Å². The summed E-state index contributed by atoms with van der Waals surface area (Å²) in [5.74, 6) is -0.286. The average molecular weight is 446 g/mol. The first-order valence-corrected chi connectivity index (χ1v) is 12.1. The summed E-state index contributed by atoms with van der Waals surface area (Å²) in [4.78, 5) is 42.9. The third-order valence-electron chi connectivity index (χ3n) is 7.06. The van der Waals surface area contributed by atoms with Crippen LogP contribution in [-0.4, -0.2) is 53.2 Å². The Bertz CT molecular complexity index is 1080. The van der Waals surface area contributed by atoms with Gasteiger partial charge in [-0.3, -0.25) is 14.4 Å². The van der Waals surface area contributed by atoms with Crippen LogP contribution in [0.4, 0.5) is 0 Å². The summed E-state index contributed by atoms with van der Waals surface area (Å²) in [5, 5.41) is 3.13. The molecule has 33 heavy (non-hydrogen) atoms. The fraction of sp³-hybridized carbons (Fsp3) is 0.444. The molecule has 1 aliphatic carbocycles. The molecule has 2 aliphatic heterocycles. The summed E-state index contributed by atoms with van der Waals surface area (Å²) in [5.41, 5.74) is 3.56. The van der Waals surface area contributed by atoms with Gasteiger partial charge in [-0.1, -0.05) is 48.0 Å². The number of aryl methyl sites for hydroxylation is 1. The molecule has 0 aromatic heterocycles. The molecule has 5 rings (SSSR count). The van der Waals surface area contributed by atoms with Crippen LogP contribution in [0.15, 0.2) is 48.5 Å². The second-order valence-electron chi connectivity index (χ2n) is 9.50. The van der Waals surface area contributed by atoms with Gasteiger partial charge in [-0.25, -0.2) is 0 Å². The maximum atomic E-state index is 13.7. The Morgan fingerprint density at radius 3 is 2.64 bits per heavy atom. The van der Waals surface area contributed by atoms with Crippen molar-refractivity contribution < 1.29 is 14.4 Å². The Kier molecular flexibility index (Phi) is 5.92. The van der Waals surface area contributed by atoms with Gasteiger partial charge >= 0.3 is 0 Å². The molecule has 2 unspecified atom stereocenters. The lowest BCUT2D eigenvalue weighted by Gasteiger charge is -2.42. The van der Waals surface area contributed by atoms with Crippen LogP contribution in [0.3, 0.4) is 0 Å². The SMILES string of the molecule is Cc1cccc(C2C(C(=O)NCCCN3CCCC3=O)c3ccccc3C(=O)N2C2CC2)c1. The van der Waals surface area contributed by atoms with Crippen LogP contribution in [0.2, 0.25) is 0 Å². The molecule has 172 valence electrons. The molecule has 1 saturated heterocycles. The number of nitrogens with zero attached hydrogens (tertiary/aromatic N) is 2. The van der Waals surface area contributed by atoms with Crippen molar-refractivity contribution in [1.82, 2.24) is 15.1 Å². The molecule has 1 N–H and O–H groups in total. The first kappa shape index (κ1) is 21.7. The zero-order valence-electron chi connectivity index (χ0n) is 19.1. The van der Waals surface area contributed by atoms with Crippen LogP contribution in [0, 0.1) is 6.92 Å². The maximum Gasteiger partial charge on any atom is 0.254 e. The number of fused-ring (bicyclic) bond motifs is 1. The minimum atomic E-state index is -0.463. The third-order valence-corrected chi connectivity index (χ3v) is 7.06. The number of hydrogen-bond acceptors (Lipinski definition) is 3. The molecule has 0 spiro atoms. The van der Waals surface area contributed by atoms with Crippen LogP contribution in [0.1, 0.15) is 71.1 Å². The highest BCUT2D eigenvalue weighted by molar-refractivity contribution is 6.01. The third kappa shape index (κ3) is 4.26. The molecule has 2 aromatic rings. The van der Waals surface area contributed by atoms with Crippen molar-refractivity contribution >= 4 is 17.7 Å². The minimum absolute atomic E-state index is 0.0243. The summed E-state index contributed by atoms with van der Waals surface area (Å²) >= 11 is 0. The van der Waals surface area contributed by atoms with E-state index in [9.17, 15) is 14.4 Å². The second kappa shape index (κ2) is 9.00. The van der Waals surface area contributed by atoms with E-state index in [1.165, 1.54) is 0 Å². The van der Waals surface area contributed by atoms with E-state index >= 15 is 0 Å². The largest absolute Gasteiger partial charge is 0.355 e. The topological polar surface area (TPSA) is 69.7 Å². The number of amides is 3. The molecule has 2 fully saturated rings. The first-order valence-electron chi connectivity index (χ1n) is 12.1. The number of nitrogens with one attached hydrogen (secondary N) is 1. The molecule has 6 heteroatoms. The van der Waals surface area contributed by atoms with Gasteiger partial charge in [0.15, 0.2) is 0 Å². The normalized spacial score (nSPS) is 22.5. The van der Waals surface area contributed by atoms with Gasteiger partial charge in [-0.15, -0.1) is 0 Å². The Labute approximate surface area is 194 Å². The molecule has 0 radical (unpaired) electrons. The molecule has 2 aromatic carbocycles. The van der Waals surface area contributed by atoms with Crippen LogP contribution < -0.4 is 5.32 Å². The maximum absolute atomic E-state index is 13.7. The summed E-state index contributed by atoms with van der Waals surface area (Å²) in [6, 6.07) is 15.6. The zero-order chi connectivity index (χ0) is 22.9. The molecule has 0 bridgehead atoms. The van der Waals surface area contributed by atoms with E-state index in [0.717, 1.165) is 48.9 Å². The highest BCUT2D eigenvalue weighted by Gasteiger charge is 2.48. The molecule has 3 aliphatic rings. The number of rotatable bonds is 7. The van der Waals surface area contributed by atoms with E-state index in [0.29, 0.717) is 25.1 Å². The molecule has 2 heterocycles. The number of carbonyl (C=O) groups is 3. The first-order chi connectivity index (χ1) is 16.0. The highest BCUT2D eigenvalue weighted by atomic mass is 16.2. The van der Waals surface area contributed by atoms with Gasteiger partial charge in [-0.2, -0.15) is 0 Å². The van der Waals surface area contributed by atoms with E-state index in [1.54, 1.807) is 0 Å². The molecular formula is C27H31N3O3. The predicted octanol–water partition coefficient (Wildman–Crippen LogP) is 3.57. The summed E-state index contributed by atoms with van der Waals surface area (Å²) < 4.78 is 0. The van der Waals surface area contributed by atoms with E-state index in [2.05, 4.69) is 11.4 Å². The monoisotopic (exact) mass is 445 g/mol. The summed E-state index contributed by atoms with van der Waals surface area (Å²) in [6.45, 7) is 4.04. The van der Waals surface area contributed by atoms with Crippen molar-refractivity contribution in [2.75, 3.05) is 19.6 Å². The van der Waals surface area contributed by atoms with E-state index in [4.69, 9.17) is 0 Å². The Hall–Kier alpha value is -3.15. The van der Waals surface area contributed by atoms with E-state index < -0.39 is 5.92 Å². The van der Waals surface area contributed by atoms with Gasteiger partial charge in [0.2, 0.25) is 11.8 Å². The van der Waals surface area contributed by atoms with Crippen molar-refractivity contribution in [3.05, 3.63) is 70.8 Å². The molecule has 1 saturated carbocycles. The smallest absolute Gasteiger partial charge is 0.254 e. The Balaban J connectivity index is 1.42. The predicted molar refractivity (Wildman–Crippen MR) is 126 cm³/mol. The lowest BCUT2D eigenvalue weighted by Crippen LogP contribution is -2.48. The van der Waals surface area contributed by atoms with E-state index in [-0.39, 0.29) is 29.8 Å². The number of benzene rings is 2. The van der Waals surface area contributed by atoms with Gasteiger partial charge in [-0.05, 0) is 49.8 Å². The fourth-order valence-electron chi connectivity index (χ4n) is 5.33. The zero-order valence-corrected chi connectivity index (χ0v) is 19.1. The van der Waals surface area contributed by atoms with Crippen LogP contribution in [0.25, 0.3) is 0 Å². The Morgan fingerprint density at radius 1 is 1.09 bits per heavy atom. The van der Waals surface area contributed by atoms with Gasteiger partial charge in [0, 0.05) is 37.7 Å². The van der Waals surface area contributed by atoms with Gasteiger partial charge in [0.1, 0.15) is 0 Å². The van der Waals surface area contributed by atoms with Crippen LogP contribution in [0.5, 0.6) is 0 Å². The van der Waals surface area contributed by atoms with Crippen molar-refractivity contribution in [3.63, 3.8) is 0 Å². The second-order valence-corrected chi connectivity index (χ2v) is 9.50. The van der Waals surface area contributed by atoms with Crippen LogP contribution in [-0.2, 0) is 9.59 Å². The molecule has 2 atom stereocenters. The molecular weight excluding hydrogens is 414 g/mol.